The molecule has 9 heteroatoms. The topological polar surface area (TPSA) is 40.6 Å². The van der Waals surface area contributed by atoms with E-state index in [-0.39, 0.29) is 14.9 Å². The minimum atomic E-state index is -3.69. The van der Waals surface area contributed by atoms with Crippen LogP contribution in [0.3, 0.4) is 0 Å². The second kappa shape index (κ2) is 7.34. The number of nitrogens with zero attached hydrogens (tertiary/aromatic N) is 2. The van der Waals surface area contributed by atoms with Crippen molar-refractivity contribution in [1.82, 2.24) is 9.21 Å². The van der Waals surface area contributed by atoms with Gasteiger partial charge in [-0.1, -0.05) is 39.1 Å². The molecule has 1 heterocycles. The normalized spacial score (nSPS) is 18.1. The van der Waals surface area contributed by atoms with Gasteiger partial charge >= 0.3 is 0 Å². The fraction of sp³-hybridized carbons (Fsp3) is 0.500. The lowest BCUT2D eigenvalue weighted by molar-refractivity contribution is 0.197. The standard InChI is InChI=1S/C12H14BrCl3N2O2S/c13-9-7-10(15)12(11(16)8-9)21(19,20)18-5-3-17(2-1-14)4-6-18/h7-8H,1-6H2. The van der Waals surface area contributed by atoms with Crippen molar-refractivity contribution in [2.24, 2.45) is 0 Å². The predicted octanol–water partition coefficient (Wildman–Crippen LogP) is 3.30. The number of hydrogen-bond acceptors (Lipinski definition) is 3. The van der Waals surface area contributed by atoms with Crippen LogP contribution >= 0.6 is 50.7 Å². The lowest BCUT2D eigenvalue weighted by Gasteiger charge is -2.33. The van der Waals surface area contributed by atoms with Crippen LogP contribution in [0.4, 0.5) is 0 Å². The summed E-state index contributed by atoms with van der Waals surface area (Å²) in [6.07, 6.45) is 0. The first kappa shape index (κ1) is 17.8. The highest BCUT2D eigenvalue weighted by atomic mass is 79.9. The van der Waals surface area contributed by atoms with Crippen molar-refractivity contribution in [3.8, 4) is 0 Å². The second-order valence-electron chi connectivity index (χ2n) is 4.63. The molecule has 0 N–H and O–H groups in total. The van der Waals surface area contributed by atoms with Crippen molar-refractivity contribution >= 4 is 60.8 Å². The fourth-order valence-electron chi connectivity index (χ4n) is 2.22. The van der Waals surface area contributed by atoms with Crippen molar-refractivity contribution in [2.75, 3.05) is 38.6 Å². The molecular formula is C12H14BrCl3N2O2S. The van der Waals surface area contributed by atoms with Gasteiger partial charge < -0.3 is 0 Å². The third kappa shape index (κ3) is 4.05. The lowest BCUT2D eigenvalue weighted by Crippen LogP contribution is -2.49. The summed E-state index contributed by atoms with van der Waals surface area (Å²) in [7, 11) is -3.69. The van der Waals surface area contributed by atoms with Gasteiger partial charge in [-0.25, -0.2) is 8.42 Å². The highest BCUT2D eigenvalue weighted by molar-refractivity contribution is 9.10. The molecule has 1 fully saturated rings. The smallest absolute Gasteiger partial charge is 0.246 e. The Balaban J connectivity index is 2.24. The number of alkyl halides is 1. The van der Waals surface area contributed by atoms with E-state index in [1.807, 2.05) is 0 Å². The molecule has 0 unspecified atom stereocenters. The van der Waals surface area contributed by atoms with E-state index in [9.17, 15) is 8.42 Å². The summed E-state index contributed by atoms with van der Waals surface area (Å²) in [5.74, 6) is 0.539. The molecule has 4 nitrogen and oxygen atoms in total. The van der Waals surface area contributed by atoms with E-state index < -0.39 is 10.0 Å². The molecule has 0 atom stereocenters. The van der Waals surface area contributed by atoms with E-state index >= 15 is 0 Å². The maximum absolute atomic E-state index is 12.7. The van der Waals surface area contributed by atoms with E-state index in [1.54, 1.807) is 0 Å². The Morgan fingerprint density at radius 3 is 2.10 bits per heavy atom. The van der Waals surface area contributed by atoms with Crippen LogP contribution in [0.15, 0.2) is 21.5 Å². The first-order valence-corrected chi connectivity index (χ1v) is 9.81. The number of halogens is 4. The second-order valence-corrected chi connectivity index (χ2v) is 8.62. The molecule has 21 heavy (non-hydrogen) atoms. The van der Waals surface area contributed by atoms with Crippen molar-refractivity contribution in [2.45, 2.75) is 4.90 Å². The molecule has 0 radical (unpaired) electrons. The zero-order chi connectivity index (χ0) is 15.6. The molecule has 1 aromatic carbocycles. The van der Waals surface area contributed by atoms with Gasteiger partial charge in [-0.2, -0.15) is 4.31 Å². The molecule has 1 aliphatic rings. The number of sulfonamides is 1. The largest absolute Gasteiger partial charge is 0.300 e. The maximum atomic E-state index is 12.7. The Kier molecular flexibility index (Phi) is 6.22. The Hall–Kier alpha value is 0.440. The monoisotopic (exact) mass is 434 g/mol. The van der Waals surface area contributed by atoms with Crippen LogP contribution in [-0.2, 0) is 10.0 Å². The Morgan fingerprint density at radius 1 is 1.10 bits per heavy atom. The Morgan fingerprint density at radius 2 is 1.62 bits per heavy atom. The average Bonchev–Trinajstić information content (AvgIpc) is 2.38. The Labute approximate surface area is 148 Å². The molecule has 0 spiro atoms. The summed E-state index contributed by atoms with van der Waals surface area (Å²) in [6.45, 7) is 2.87. The van der Waals surface area contributed by atoms with Crippen LogP contribution in [0.2, 0.25) is 10.0 Å². The number of hydrogen-bond donors (Lipinski definition) is 0. The average molecular weight is 437 g/mol. The van der Waals surface area contributed by atoms with Crippen LogP contribution in [0, 0.1) is 0 Å². The Bertz CT molecular complexity index is 596. The molecule has 0 aliphatic carbocycles. The summed E-state index contributed by atoms with van der Waals surface area (Å²) in [4.78, 5) is 2.10. The van der Waals surface area contributed by atoms with Crippen LogP contribution in [-0.4, -0.2) is 56.2 Å². The van der Waals surface area contributed by atoms with E-state index in [4.69, 9.17) is 34.8 Å². The van der Waals surface area contributed by atoms with Gasteiger partial charge in [0.05, 0.1) is 10.0 Å². The molecule has 1 aromatic rings. The maximum Gasteiger partial charge on any atom is 0.246 e. The SMILES string of the molecule is O=S(=O)(c1c(Cl)cc(Br)cc1Cl)N1CCN(CCCl)CC1. The predicted molar refractivity (Wildman–Crippen MR) is 90.1 cm³/mol. The molecule has 1 saturated heterocycles. The van der Waals surface area contributed by atoms with Gasteiger partial charge in [-0.05, 0) is 12.1 Å². The number of rotatable bonds is 4. The minimum absolute atomic E-state index is 0.0279. The molecular weight excluding hydrogens is 422 g/mol. The summed E-state index contributed by atoms with van der Waals surface area (Å²) >= 11 is 21.1. The summed E-state index contributed by atoms with van der Waals surface area (Å²) < 4.78 is 27.5. The molecule has 0 amide bonds. The van der Waals surface area contributed by atoms with Gasteiger partial charge in [0, 0.05) is 43.1 Å². The van der Waals surface area contributed by atoms with Crippen molar-refractivity contribution in [3.05, 3.63) is 26.7 Å². The summed E-state index contributed by atoms with van der Waals surface area (Å²) in [5.41, 5.74) is 0. The van der Waals surface area contributed by atoms with Gasteiger partial charge in [0.2, 0.25) is 10.0 Å². The minimum Gasteiger partial charge on any atom is -0.300 e. The first-order valence-electron chi connectivity index (χ1n) is 6.29. The molecule has 0 saturated carbocycles. The molecule has 1 aliphatic heterocycles. The summed E-state index contributed by atoms with van der Waals surface area (Å²) in [6, 6.07) is 3.06. The zero-order valence-corrected chi connectivity index (χ0v) is 15.7. The van der Waals surface area contributed by atoms with E-state index in [0.717, 1.165) is 6.54 Å². The van der Waals surface area contributed by atoms with Crippen LogP contribution < -0.4 is 0 Å². The number of benzene rings is 1. The van der Waals surface area contributed by atoms with E-state index in [1.165, 1.54) is 16.4 Å². The van der Waals surface area contributed by atoms with Gasteiger partial charge in [0.15, 0.2) is 0 Å². The van der Waals surface area contributed by atoms with Crippen LogP contribution in [0.25, 0.3) is 0 Å². The van der Waals surface area contributed by atoms with Crippen molar-refractivity contribution in [3.63, 3.8) is 0 Å². The molecule has 0 aromatic heterocycles. The highest BCUT2D eigenvalue weighted by Gasteiger charge is 2.31. The van der Waals surface area contributed by atoms with Gasteiger partial charge in [-0.3, -0.25) is 4.90 Å². The quantitative estimate of drug-likeness (QED) is 0.680. The zero-order valence-electron chi connectivity index (χ0n) is 11.0. The summed E-state index contributed by atoms with van der Waals surface area (Å²) in [5, 5.41) is 0.245. The molecule has 0 bridgehead atoms. The number of piperazine rings is 1. The fourth-order valence-corrected chi connectivity index (χ4v) is 5.76. The van der Waals surface area contributed by atoms with Crippen molar-refractivity contribution in [1.29, 1.82) is 0 Å². The van der Waals surface area contributed by atoms with Crippen molar-refractivity contribution < 1.29 is 8.42 Å². The molecule has 2 rings (SSSR count). The molecule has 118 valence electrons. The van der Waals surface area contributed by atoms with Gasteiger partial charge in [0.25, 0.3) is 0 Å². The van der Waals surface area contributed by atoms with Gasteiger partial charge in [0.1, 0.15) is 4.90 Å². The van der Waals surface area contributed by atoms with Crippen LogP contribution in [0.1, 0.15) is 0 Å². The first-order chi connectivity index (χ1) is 9.86. The highest BCUT2D eigenvalue weighted by Crippen LogP contribution is 2.34. The lowest BCUT2D eigenvalue weighted by atomic mass is 10.4. The van der Waals surface area contributed by atoms with Gasteiger partial charge in [-0.15, -0.1) is 11.6 Å². The van der Waals surface area contributed by atoms with E-state index in [0.29, 0.717) is 36.5 Å². The third-order valence-corrected chi connectivity index (χ3v) is 6.74. The third-order valence-electron chi connectivity index (χ3n) is 3.29. The van der Waals surface area contributed by atoms with Crippen LogP contribution in [0.5, 0.6) is 0 Å². The van der Waals surface area contributed by atoms with E-state index in [2.05, 4.69) is 20.8 Å².